The number of pyridine rings is 1. The fraction of sp³-hybridized carbons (Fsp3) is 0.263. The van der Waals surface area contributed by atoms with E-state index in [-0.39, 0.29) is 11.3 Å². The van der Waals surface area contributed by atoms with Gasteiger partial charge in [-0.1, -0.05) is 51.1 Å². The molecule has 0 aliphatic rings. The Kier molecular flexibility index (Phi) is 4.76. The maximum atomic E-state index is 11.9. The quantitative estimate of drug-likeness (QED) is 0.856. The average molecular weight is 294 g/mol. The van der Waals surface area contributed by atoms with Gasteiger partial charge in [0.25, 0.3) is 0 Å². The maximum absolute atomic E-state index is 11.9. The summed E-state index contributed by atoms with van der Waals surface area (Å²) in [6, 6.07) is 13.8. The highest BCUT2D eigenvalue weighted by Crippen LogP contribution is 2.22. The van der Waals surface area contributed by atoms with Crippen molar-refractivity contribution in [2.45, 2.75) is 33.1 Å². The zero-order chi connectivity index (χ0) is 16.2. The van der Waals surface area contributed by atoms with Gasteiger partial charge in [0.15, 0.2) is 0 Å². The summed E-state index contributed by atoms with van der Waals surface area (Å²) in [5.41, 5.74) is 3.29. The van der Waals surface area contributed by atoms with Crippen molar-refractivity contribution in [1.82, 2.24) is 4.98 Å². The highest BCUT2D eigenvalue weighted by molar-refractivity contribution is 6.01. The molecule has 0 unspecified atom stereocenters. The van der Waals surface area contributed by atoms with E-state index in [0.29, 0.717) is 5.82 Å². The highest BCUT2D eigenvalue weighted by atomic mass is 16.1. The zero-order valence-corrected chi connectivity index (χ0v) is 13.6. The van der Waals surface area contributed by atoms with Crippen LogP contribution in [0.1, 0.15) is 37.6 Å². The topological polar surface area (TPSA) is 42.0 Å². The lowest BCUT2D eigenvalue weighted by Crippen LogP contribution is -2.10. The van der Waals surface area contributed by atoms with Crippen LogP contribution in [0.5, 0.6) is 0 Å². The van der Waals surface area contributed by atoms with E-state index in [1.165, 1.54) is 11.6 Å². The lowest BCUT2D eigenvalue weighted by Gasteiger charge is -2.18. The minimum atomic E-state index is -0.182. The Balaban J connectivity index is 2.00. The van der Waals surface area contributed by atoms with E-state index in [0.717, 1.165) is 11.3 Å². The first-order valence-corrected chi connectivity index (χ1v) is 7.38. The number of rotatable bonds is 3. The minimum Gasteiger partial charge on any atom is -0.307 e. The van der Waals surface area contributed by atoms with Gasteiger partial charge in [0.2, 0.25) is 5.91 Å². The summed E-state index contributed by atoms with van der Waals surface area (Å²) in [5, 5.41) is 2.75. The van der Waals surface area contributed by atoms with E-state index in [4.69, 9.17) is 0 Å². The Labute approximate surface area is 132 Å². The molecule has 1 heterocycles. The largest absolute Gasteiger partial charge is 0.307 e. The summed E-state index contributed by atoms with van der Waals surface area (Å²) in [4.78, 5) is 16.1. The van der Waals surface area contributed by atoms with E-state index in [1.807, 2.05) is 31.2 Å². The van der Waals surface area contributed by atoms with Crippen LogP contribution in [0.15, 0.2) is 48.5 Å². The second kappa shape index (κ2) is 6.56. The number of hydrogen-bond acceptors (Lipinski definition) is 2. The molecule has 0 aliphatic carbocycles. The van der Waals surface area contributed by atoms with Crippen LogP contribution in [0.25, 0.3) is 6.08 Å². The lowest BCUT2D eigenvalue weighted by molar-refractivity contribution is -0.111. The molecule has 1 N–H and O–H groups in total. The molecule has 0 radical (unpaired) electrons. The number of nitrogens with one attached hydrogen (secondary N) is 1. The number of aryl methyl sites for hydroxylation is 1. The van der Waals surface area contributed by atoms with E-state index in [9.17, 15) is 4.79 Å². The minimum absolute atomic E-state index is 0.135. The smallest absolute Gasteiger partial charge is 0.249 e. The van der Waals surface area contributed by atoms with Crippen molar-refractivity contribution in [2.24, 2.45) is 0 Å². The molecule has 0 saturated carbocycles. The number of aromatic nitrogens is 1. The fourth-order valence-corrected chi connectivity index (χ4v) is 2.05. The molecule has 22 heavy (non-hydrogen) atoms. The van der Waals surface area contributed by atoms with Crippen LogP contribution >= 0.6 is 0 Å². The number of hydrogen-bond donors (Lipinski definition) is 1. The van der Waals surface area contributed by atoms with Gasteiger partial charge in [-0.05, 0) is 41.7 Å². The van der Waals surface area contributed by atoms with Crippen LogP contribution in [0.4, 0.5) is 5.82 Å². The van der Waals surface area contributed by atoms with E-state index in [2.05, 4.69) is 43.2 Å². The van der Waals surface area contributed by atoms with Crippen molar-refractivity contribution in [3.05, 3.63) is 65.4 Å². The fourth-order valence-electron chi connectivity index (χ4n) is 2.05. The monoisotopic (exact) mass is 294 g/mol. The molecule has 114 valence electrons. The first-order chi connectivity index (χ1) is 10.3. The predicted octanol–water partition coefficient (Wildman–Crippen LogP) is 4.34. The Morgan fingerprint density at radius 1 is 1.09 bits per heavy atom. The van der Waals surface area contributed by atoms with Gasteiger partial charge >= 0.3 is 0 Å². The molecule has 3 heteroatoms. The van der Waals surface area contributed by atoms with Crippen LogP contribution in [-0.4, -0.2) is 10.9 Å². The zero-order valence-electron chi connectivity index (χ0n) is 13.6. The van der Waals surface area contributed by atoms with Gasteiger partial charge in [-0.25, -0.2) is 4.98 Å². The van der Waals surface area contributed by atoms with E-state index in [1.54, 1.807) is 12.1 Å². The third-order valence-electron chi connectivity index (χ3n) is 3.34. The molecule has 3 nitrogen and oxygen atoms in total. The summed E-state index contributed by atoms with van der Waals surface area (Å²) in [6.07, 6.45) is 3.33. The molecule has 0 spiro atoms. The highest BCUT2D eigenvalue weighted by Gasteiger charge is 2.12. The van der Waals surface area contributed by atoms with Gasteiger partial charge in [-0.15, -0.1) is 0 Å². The van der Waals surface area contributed by atoms with Gasteiger partial charge in [0.1, 0.15) is 5.82 Å². The van der Waals surface area contributed by atoms with Crippen LogP contribution in [0, 0.1) is 6.92 Å². The Morgan fingerprint density at radius 3 is 2.36 bits per heavy atom. The maximum Gasteiger partial charge on any atom is 0.249 e. The number of amides is 1. The second-order valence-corrected chi connectivity index (χ2v) is 6.36. The van der Waals surface area contributed by atoms with E-state index >= 15 is 0 Å². The van der Waals surface area contributed by atoms with Gasteiger partial charge in [0, 0.05) is 11.8 Å². The standard InChI is InChI=1S/C19H22N2O/c1-14-6-5-7-17(20-14)21-18(22)13-10-15-8-11-16(12-9-15)19(2,3)4/h5-13H,1-4H3,(H,20,21,22)/b13-10+. The van der Waals surface area contributed by atoms with Crippen molar-refractivity contribution in [3.8, 4) is 0 Å². The molecule has 0 bridgehead atoms. The first-order valence-electron chi connectivity index (χ1n) is 7.38. The first kappa shape index (κ1) is 16.0. The number of benzene rings is 1. The summed E-state index contributed by atoms with van der Waals surface area (Å²) in [7, 11) is 0. The third-order valence-corrected chi connectivity index (χ3v) is 3.34. The van der Waals surface area contributed by atoms with Gasteiger partial charge < -0.3 is 5.32 Å². The Hall–Kier alpha value is -2.42. The van der Waals surface area contributed by atoms with Gasteiger partial charge in [0.05, 0.1) is 0 Å². The summed E-state index contributed by atoms with van der Waals surface area (Å²) in [5.74, 6) is 0.385. The van der Waals surface area contributed by atoms with Crippen LogP contribution < -0.4 is 5.32 Å². The third kappa shape index (κ3) is 4.55. The molecule has 2 aromatic rings. The molecular weight excluding hydrogens is 272 g/mol. The molecule has 0 fully saturated rings. The SMILES string of the molecule is Cc1cccc(NC(=O)/C=C/c2ccc(C(C)(C)C)cc2)n1. The lowest BCUT2D eigenvalue weighted by atomic mass is 9.87. The number of nitrogens with zero attached hydrogens (tertiary/aromatic N) is 1. The Morgan fingerprint density at radius 2 is 1.77 bits per heavy atom. The summed E-state index contributed by atoms with van der Waals surface area (Å²) >= 11 is 0. The molecule has 2 rings (SSSR count). The van der Waals surface area contributed by atoms with Crippen molar-refractivity contribution in [2.75, 3.05) is 5.32 Å². The van der Waals surface area contributed by atoms with Crippen molar-refractivity contribution < 1.29 is 4.79 Å². The van der Waals surface area contributed by atoms with Gasteiger partial charge in [-0.3, -0.25) is 4.79 Å². The predicted molar refractivity (Wildman–Crippen MR) is 91.8 cm³/mol. The molecule has 0 saturated heterocycles. The molecule has 1 aromatic heterocycles. The van der Waals surface area contributed by atoms with Crippen molar-refractivity contribution in [1.29, 1.82) is 0 Å². The molecule has 0 aliphatic heterocycles. The van der Waals surface area contributed by atoms with E-state index < -0.39 is 0 Å². The van der Waals surface area contributed by atoms with Crippen molar-refractivity contribution >= 4 is 17.8 Å². The molecule has 1 amide bonds. The number of carbonyl (C=O) groups is 1. The number of carbonyl (C=O) groups excluding carboxylic acids is 1. The number of anilines is 1. The van der Waals surface area contributed by atoms with Crippen LogP contribution in [-0.2, 0) is 10.2 Å². The summed E-state index contributed by atoms with van der Waals surface area (Å²) in [6.45, 7) is 8.43. The Bertz CT molecular complexity index is 679. The molecule has 1 aromatic carbocycles. The molecule has 0 atom stereocenters. The van der Waals surface area contributed by atoms with Gasteiger partial charge in [-0.2, -0.15) is 0 Å². The van der Waals surface area contributed by atoms with Crippen molar-refractivity contribution in [3.63, 3.8) is 0 Å². The summed E-state index contributed by atoms with van der Waals surface area (Å²) < 4.78 is 0. The second-order valence-electron chi connectivity index (χ2n) is 6.36. The average Bonchev–Trinajstić information content (AvgIpc) is 2.45. The van der Waals surface area contributed by atoms with Crippen LogP contribution in [0.3, 0.4) is 0 Å². The van der Waals surface area contributed by atoms with Crippen LogP contribution in [0.2, 0.25) is 0 Å². The normalized spacial score (nSPS) is 11.6. The molecular formula is C19H22N2O.